The fourth-order valence-corrected chi connectivity index (χ4v) is 4.68. The fourth-order valence-electron chi connectivity index (χ4n) is 4.68. The van der Waals surface area contributed by atoms with Gasteiger partial charge in [-0.15, -0.1) is 5.10 Å². The van der Waals surface area contributed by atoms with Gasteiger partial charge >= 0.3 is 0 Å². The molecule has 2 aromatic carbocycles. The Morgan fingerprint density at radius 3 is 2.76 bits per heavy atom. The average Bonchev–Trinajstić information content (AvgIpc) is 3.49. The Hall–Kier alpha value is -3.68. The number of H-pyrrole nitrogens is 1. The topological polar surface area (TPSA) is 88.9 Å². The SMILES string of the molecule is CCOc1ccc2[nH]c(=O)c(C(c3nnnn3C(C)(C)CC)N3CCc4ccccc43)cc2c1. The van der Waals surface area contributed by atoms with Gasteiger partial charge in [0.2, 0.25) is 0 Å². The molecule has 5 rings (SSSR count). The van der Waals surface area contributed by atoms with E-state index in [2.05, 4.69) is 64.4 Å². The number of rotatable bonds is 7. The number of fused-ring (bicyclic) bond motifs is 2. The normalized spacial score (nSPS) is 14.4. The number of para-hydroxylation sites is 1. The summed E-state index contributed by atoms with van der Waals surface area (Å²) in [7, 11) is 0. The number of pyridine rings is 1. The molecule has 1 atom stereocenters. The molecule has 176 valence electrons. The highest BCUT2D eigenvalue weighted by atomic mass is 16.5. The van der Waals surface area contributed by atoms with Crippen molar-refractivity contribution in [3.63, 3.8) is 0 Å². The lowest BCUT2D eigenvalue weighted by Gasteiger charge is -2.32. The lowest BCUT2D eigenvalue weighted by molar-refractivity contribution is 0.287. The van der Waals surface area contributed by atoms with Gasteiger partial charge in [-0.25, -0.2) is 4.68 Å². The summed E-state index contributed by atoms with van der Waals surface area (Å²) in [5.74, 6) is 1.43. The molecule has 4 aromatic rings. The van der Waals surface area contributed by atoms with Gasteiger partial charge in [-0.3, -0.25) is 4.79 Å². The van der Waals surface area contributed by atoms with E-state index in [1.165, 1.54) is 5.56 Å². The molecule has 1 aliphatic rings. The van der Waals surface area contributed by atoms with E-state index in [0.717, 1.165) is 41.7 Å². The number of anilines is 1. The molecule has 0 saturated carbocycles. The molecule has 1 N–H and O–H groups in total. The van der Waals surface area contributed by atoms with Gasteiger partial charge in [0.05, 0.1) is 12.1 Å². The second-order valence-electron chi connectivity index (χ2n) is 9.33. The molecule has 8 nitrogen and oxygen atoms in total. The first-order valence-electron chi connectivity index (χ1n) is 11.9. The van der Waals surface area contributed by atoms with Crippen LogP contribution < -0.4 is 15.2 Å². The molecule has 2 aromatic heterocycles. The first-order valence-corrected chi connectivity index (χ1v) is 11.9. The smallest absolute Gasteiger partial charge is 0.254 e. The Balaban J connectivity index is 1.73. The van der Waals surface area contributed by atoms with E-state index in [1.807, 2.05) is 41.9 Å². The first-order chi connectivity index (χ1) is 16.4. The van der Waals surface area contributed by atoms with Crippen LogP contribution in [-0.4, -0.2) is 38.3 Å². The van der Waals surface area contributed by atoms with Crippen molar-refractivity contribution in [1.29, 1.82) is 0 Å². The Morgan fingerprint density at radius 1 is 1.15 bits per heavy atom. The molecule has 0 radical (unpaired) electrons. The predicted molar refractivity (Wildman–Crippen MR) is 133 cm³/mol. The number of ether oxygens (including phenoxy) is 1. The van der Waals surface area contributed by atoms with Crippen LogP contribution in [0.1, 0.15) is 57.1 Å². The van der Waals surface area contributed by atoms with Gasteiger partial charge in [0, 0.05) is 28.7 Å². The molecule has 0 aliphatic carbocycles. The lowest BCUT2D eigenvalue weighted by atomic mass is 9.99. The monoisotopic (exact) mass is 458 g/mol. The highest BCUT2D eigenvalue weighted by molar-refractivity contribution is 5.81. The van der Waals surface area contributed by atoms with Gasteiger partial charge in [-0.1, -0.05) is 25.1 Å². The number of aromatic amines is 1. The van der Waals surface area contributed by atoms with Crippen molar-refractivity contribution in [2.75, 3.05) is 18.1 Å². The predicted octanol–water partition coefficient (Wildman–Crippen LogP) is 4.21. The largest absolute Gasteiger partial charge is 0.494 e. The number of aromatic nitrogens is 5. The van der Waals surface area contributed by atoms with Crippen LogP contribution in [0.2, 0.25) is 0 Å². The number of nitrogens with one attached hydrogen (secondary N) is 1. The van der Waals surface area contributed by atoms with Gasteiger partial charge in [0.1, 0.15) is 11.8 Å². The molecule has 0 fully saturated rings. The van der Waals surface area contributed by atoms with E-state index in [-0.39, 0.29) is 11.1 Å². The van der Waals surface area contributed by atoms with Crippen molar-refractivity contribution in [1.82, 2.24) is 25.2 Å². The molecular weight excluding hydrogens is 428 g/mol. The Bertz CT molecular complexity index is 1390. The van der Waals surface area contributed by atoms with Crippen molar-refractivity contribution in [3.8, 4) is 5.75 Å². The maximum Gasteiger partial charge on any atom is 0.254 e. The van der Waals surface area contributed by atoms with Gasteiger partial charge < -0.3 is 14.6 Å². The summed E-state index contributed by atoms with van der Waals surface area (Å²) < 4.78 is 7.58. The minimum absolute atomic E-state index is 0.144. The summed E-state index contributed by atoms with van der Waals surface area (Å²) in [6.45, 7) is 9.65. The molecule has 3 heterocycles. The second-order valence-corrected chi connectivity index (χ2v) is 9.33. The molecular formula is C26H30N6O2. The van der Waals surface area contributed by atoms with Crippen molar-refractivity contribution in [3.05, 3.63) is 75.8 Å². The van der Waals surface area contributed by atoms with Crippen LogP contribution in [0.5, 0.6) is 5.75 Å². The zero-order valence-electron chi connectivity index (χ0n) is 20.1. The molecule has 0 bridgehead atoms. The third-order valence-corrected chi connectivity index (χ3v) is 6.86. The summed E-state index contributed by atoms with van der Waals surface area (Å²) >= 11 is 0. The second kappa shape index (κ2) is 8.59. The number of tetrazole rings is 1. The molecule has 0 spiro atoms. The molecule has 0 saturated heterocycles. The zero-order valence-corrected chi connectivity index (χ0v) is 20.1. The first kappa shape index (κ1) is 22.1. The summed E-state index contributed by atoms with van der Waals surface area (Å²) in [4.78, 5) is 18.8. The number of hydrogen-bond acceptors (Lipinski definition) is 6. The van der Waals surface area contributed by atoms with E-state index < -0.39 is 6.04 Å². The van der Waals surface area contributed by atoms with E-state index >= 15 is 0 Å². The van der Waals surface area contributed by atoms with Crippen LogP contribution in [0.25, 0.3) is 10.9 Å². The van der Waals surface area contributed by atoms with Crippen LogP contribution in [0.15, 0.2) is 53.3 Å². The third kappa shape index (κ3) is 3.73. The van der Waals surface area contributed by atoms with Gasteiger partial charge in [0.25, 0.3) is 5.56 Å². The lowest BCUT2D eigenvalue weighted by Crippen LogP contribution is -2.37. The van der Waals surface area contributed by atoms with Crippen LogP contribution >= 0.6 is 0 Å². The summed E-state index contributed by atoms with van der Waals surface area (Å²) in [6.07, 6.45) is 1.76. The summed E-state index contributed by atoms with van der Waals surface area (Å²) in [5, 5.41) is 13.8. The van der Waals surface area contributed by atoms with Gasteiger partial charge in [-0.05, 0) is 79.9 Å². The number of benzene rings is 2. The molecule has 1 aliphatic heterocycles. The van der Waals surface area contributed by atoms with E-state index in [0.29, 0.717) is 18.0 Å². The molecule has 0 amide bonds. The zero-order chi connectivity index (χ0) is 23.9. The van der Waals surface area contributed by atoms with Crippen LogP contribution in [-0.2, 0) is 12.0 Å². The van der Waals surface area contributed by atoms with Gasteiger partial charge in [-0.2, -0.15) is 0 Å². The summed E-state index contributed by atoms with van der Waals surface area (Å²) in [6, 6.07) is 15.6. The summed E-state index contributed by atoms with van der Waals surface area (Å²) in [5.41, 5.74) is 3.31. The maximum absolute atomic E-state index is 13.5. The van der Waals surface area contributed by atoms with Crippen molar-refractivity contribution < 1.29 is 4.74 Å². The van der Waals surface area contributed by atoms with Crippen LogP contribution in [0, 0.1) is 0 Å². The van der Waals surface area contributed by atoms with Gasteiger partial charge in [0.15, 0.2) is 5.82 Å². The highest BCUT2D eigenvalue weighted by Gasteiger charge is 2.36. The standard InChI is InChI=1S/C26H30N6O2/c1-5-26(3,4)32-24(28-29-30-32)23(31-14-13-17-9-7-8-10-22(17)31)20-16-18-15-19(34-6-2)11-12-21(18)27-25(20)33/h7-12,15-16,23H,5-6,13-14H2,1-4H3,(H,27,33). The highest BCUT2D eigenvalue weighted by Crippen LogP contribution is 2.38. The Labute approximate surface area is 198 Å². The number of nitrogens with zero attached hydrogens (tertiary/aromatic N) is 5. The fraction of sp³-hybridized carbons (Fsp3) is 0.385. The van der Waals surface area contributed by atoms with Crippen molar-refractivity contribution in [2.45, 2.75) is 52.1 Å². The third-order valence-electron chi connectivity index (χ3n) is 6.86. The minimum atomic E-state index is -0.437. The van der Waals surface area contributed by atoms with E-state index in [1.54, 1.807) is 0 Å². The maximum atomic E-state index is 13.5. The average molecular weight is 459 g/mol. The molecule has 8 heteroatoms. The Morgan fingerprint density at radius 2 is 1.97 bits per heavy atom. The molecule has 34 heavy (non-hydrogen) atoms. The van der Waals surface area contributed by atoms with E-state index in [9.17, 15) is 4.79 Å². The van der Waals surface area contributed by atoms with Crippen LogP contribution in [0.4, 0.5) is 5.69 Å². The molecule has 1 unspecified atom stereocenters. The van der Waals surface area contributed by atoms with E-state index in [4.69, 9.17) is 4.74 Å². The van der Waals surface area contributed by atoms with Crippen LogP contribution in [0.3, 0.4) is 0 Å². The minimum Gasteiger partial charge on any atom is -0.494 e. The number of hydrogen-bond donors (Lipinski definition) is 1. The van der Waals surface area contributed by atoms with Crippen molar-refractivity contribution in [2.24, 2.45) is 0 Å². The quantitative estimate of drug-likeness (QED) is 0.446. The van der Waals surface area contributed by atoms with Crippen molar-refractivity contribution >= 4 is 16.6 Å². The Kier molecular flexibility index (Phi) is 5.59.